The monoisotopic (exact) mass is 361 g/mol. The van der Waals surface area contributed by atoms with Gasteiger partial charge in [0.15, 0.2) is 0 Å². The van der Waals surface area contributed by atoms with Crippen molar-refractivity contribution in [1.29, 1.82) is 0 Å². The van der Waals surface area contributed by atoms with Gasteiger partial charge in [0, 0.05) is 19.0 Å². The number of hydrogen-bond donors (Lipinski definition) is 1. The normalized spacial score (nSPS) is 11.8. The van der Waals surface area contributed by atoms with Gasteiger partial charge in [0.25, 0.3) is 5.56 Å². The second kappa shape index (κ2) is 7.91. The lowest BCUT2D eigenvalue weighted by atomic mass is 9.93. The van der Waals surface area contributed by atoms with Crippen molar-refractivity contribution in [2.75, 3.05) is 12.8 Å². The highest BCUT2D eigenvalue weighted by Gasteiger charge is 2.14. The molecule has 1 aromatic heterocycles. The first-order valence-electron chi connectivity index (χ1n) is 8.71. The zero-order valence-electron chi connectivity index (χ0n) is 15.6. The van der Waals surface area contributed by atoms with E-state index in [4.69, 9.17) is 10.5 Å². The fourth-order valence-electron chi connectivity index (χ4n) is 3.01. The van der Waals surface area contributed by atoms with E-state index in [-0.39, 0.29) is 17.4 Å². The van der Waals surface area contributed by atoms with Crippen molar-refractivity contribution in [3.05, 3.63) is 88.9 Å². The summed E-state index contributed by atoms with van der Waals surface area (Å²) in [7, 11) is 3.27. The Balaban J connectivity index is 1.90. The van der Waals surface area contributed by atoms with Crippen LogP contribution in [0.3, 0.4) is 0 Å². The molecule has 1 heterocycles. The summed E-state index contributed by atoms with van der Waals surface area (Å²) in [4.78, 5) is 16.4. The minimum atomic E-state index is -0.172. The van der Waals surface area contributed by atoms with Crippen molar-refractivity contribution in [2.45, 2.75) is 12.3 Å². The molecule has 27 heavy (non-hydrogen) atoms. The van der Waals surface area contributed by atoms with Gasteiger partial charge < -0.3 is 10.5 Å². The number of allylic oxidation sites excluding steroid dienone is 1. The van der Waals surface area contributed by atoms with Gasteiger partial charge in [-0.15, -0.1) is 6.58 Å². The minimum Gasteiger partial charge on any atom is -0.497 e. The van der Waals surface area contributed by atoms with E-state index >= 15 is 0 Å². The minimum absolute atomic E-state index is 0.0956. The van der Waals surface area contributed by atoms with Crippen LogP contribution in [0.5, 0.6) is 5.75 Å². The lowest BCUT2D eigenvalue weighted by molar-refractivity contribution is 0.415. The number of methoxy groups -OCH3 is 1. The number of hydrogen-bond acceptors (Lipinski definition) is 4. The van der Waals surface area contributed by atoms with Gasteiger partial charge in [-0.2, -0.15) is 0 Å². The van der Waals surface area contributed by atoms with Gasteiger partial charge in [-0.1, -0.05) is 42.5 Å². The molecule has 0 radical (unpaired) electrons. The van der Waals surface area contributed by atoms with E-state index in [2.05, 4.69) is 35.8 Å². The summed E-state index contributed by atoms with van der Waals surface area (Å²) < 4.78 is 6.64. The van der Waals surface area contributed by atoms with E-state index in [1.807, 2.05) is 24.3 Å². The van der Waals surface area contributed by atoms with Crippen LogP contribution in [0.1, 0.15) is 17.2 Å². The predicted octanol–water partition coefficient (Wildman–Crippen LogP) is 3.55. The molecule has 0 unspecified atom stereocenters. The topological polar surface area (TPSA) is 70.1 Å². The Hall–Kier alpha value is -3.34. The number of nitrogens with zero attached hydrogens (tertiary/aromatic N) is 2. The first kappa shape index (κ1) is 18.5. The van der Waals surface area contributed by atoms with Crippen LogP contribution in [0, 0.1) is 0 Å². The number of nitrogens with two attached hydrogens (primary N) is 1. The highest BCUT2D eigenvalue weighted by Crippen LogP contribution is 2.27. The van der Waals surface area contributed by atoms with Crippen LogP contribution in [-0.4, -0.2) is 16.7 Å². The summed E-state index contributed by atoms with van der Waals surface area (Å²) >= 11 is 0. The molecule has 5 heteroatoms. The van der Waals surface area contributed by atoms with Crippen molar-refractivity contribution >= 4 is 5.95 Å². The van der Waals surface area contributed by atoms with E-state index in [1.165, 1.54) is 10.6 Å². The highest BCUT2D eigenvalue weighted by atomic mass is 16.5. The fourth-order valence-corrected chi connectivity index (χ4v) is 3.01. The van der Waals surface area contributed by atoms with E-state index in [1.54, 1.807) is 20.2 Å². The SMILES string of the molecule is C=C[C@@H](Cc1cccc(-c2cccc(OC)c2)c1)c1cc(=O)n(C)c(N)n1. The van der Waals surface area contributed by atoms with Crippen LogP contribution in [0.2, 0.25) is 0 Å². The Morgan fingerprint density at radius 2 is 1.89 bits per heavy atom. The van der Waals surface area contributed by atoms with Crippen molar-refractivity contribution in [1.82, 2.24) is 9.55 Å². The van der Waals surface area contributed by atoms with Crippen LogP contribution < -0.4 is 16.0 Å². The summed E-state index contributed by atoms with van der Waals surface area (Å²) in [5.41, 5.74) is 9.62. The Bertz CT molecular complexity index is 1020. The lowest BCUT2D eigenvalue weighted by Gasteiger charge is -2.14. The number of ether oxygens (including phenoxy) is 1. The third-order valence-electron chi connectivity index (χ3n) is 4.64. The zero-order valence-corrected chi connectivity index (χ0v) is 15.6. The summed E-state index contributed by atoms with van der Waals surface area (Å²) in [6.45, 7) is 3.91. The molecule has 0 fully saturated rings. The molecule has 0 aliphatic rings. The number of nitrogen functional groups attached to an aromatic ring is 1. The third kappa shape index (κ3) is 4.08. The average molecular weight is 361 g/mol. The smallest absolute Gasteiger partial charge is 0.254 e. The van der Waals surface area contributed by atoms with Crippen LogP contribution in [0.4, 0.5) is 5.95 Å². The molecular weight excluding hydrogens is 338 g/mol. The summed E-state index contributed by atoms with van der Waals surface area (Å²) in [6.07, 6.45) is 2.49. The Labute approximate surface area is 158 Å². The van der Waals surface area contributed by atoms with Crippen molar-refractivity contribution in [2.24, 2.45) is 7.05 Å². The zero-order chi connectivity index (χ0) is 19.4. The van der Waals surface area contributed by atoms with E-state index in [9.17, 15) is 4.79 Å². The molecule has 0 amide bonds. The maximum Gasteiger partial charge on any atom is 0.254 e. The van der Waals surface area contributed by atoms with Crippen molar-refractivity contribution < 1.29 is 4.74 Å². The van der Waals surface area contributed by atoms with Crippen LogP contribution in [0.25, 0.3) is 11.1 Å². The van der Waals surface area contributed by atoms with Gasteiger partial charge in [0.1, 0.15) is 5.75 Å². The molecule has 3 rings (SSSR count). The number of aromatic nitrogens is 2. The predicted molar refractivity (Wildman–Crippen MR) is 109 cm³/mol. The molecule has 138 valence electrons. The summed E-state index contributed by atoms with van der Waals surface area (Å²) in [6, 6.07) is 17.8. The van der Waals surface area contributed by atoms with Gasteiger partial charge in [-0.3, -0.25) is 9.36 Å². The van der Waals surface area contributed by atoms with E-state index in [0.29, 0.717) is 12.1 Å². The standard InChI is InChI=1S/C22H23N3O2/c1-4-16(20-14-21(26)25(2)22(23)24-20)11-15-7-5-8-17(12-15)18-9-6-10-19(13-18)27-3/h4-10,12-14,16H,1,11H2,2-3H3,(H2,23,24)/t16-/m0/s1. The number of anilines is 1. The Kier molecular flexibility index (Phi) is 5.41. The van der Waals surface area contributed by atoms with E-state index < -0.39 is 0 Å². The second-order valence-corrected chi connectivity index (χ2v) is 6.42. The van der Waals surface area contributed by atoms with Crippen LogP contribution in [-0.2, 0) is 13.5 Å². The Morgan fingerprint density at radius 1 is 1.19 bits per heavy atom. The van der Waals surface area contributed by atoms with Gasteiger partial charge >= 0.3 is 0 Å². The maximum absolute atomic E-state index is 12.0. The third-order valence-corrected chi connectivity index (χ3v) is 4.64. The summed E-state index contributed by atoms with van der Waals surface area (Å²) in [5.74, 6) is 0.929. The molecule has 0 spiro atoms. The van der Waals surface area contributed by atoms with Crippen molar-refractivity contribution in [3.63, 3.8) is 0 Å². The molecule has 2 aromatic carbocycles. The second-order valence-electron chi connectivity index (χ2n) is 6.42. The number of benzene rings is 2. The van der Waals surface area contributed by atoms with Crippen LogP contribution >= 0.6 is 0 Å². The molecule has 0 aliphatic heterocycles. The Morgan fingerprint density at radius 3 is 2.56 bits per heavy atom. The number of rotatable bonds is 6. The van der Waals surface area contributed by atoms with Gasteiger partial charge in [-0.05, 0) is 35.2 Å². The van der Waals surface area contributed by atoms with E-state index in [0.717, 1.165) is 22.4 Å². The molecule has 5 nitrogen and oxygen atoms in total. The average Bonchev–Trinajstić information content (AvgIpc) is 2.70. The van der Waals surface area contributed by atoms with Gasteiger partial charge in [0.2, 0.25) is 5.95 Å². The highest BCUT2D eigenvalue weighted by molar-refractivity contribution is 5.65. The van der Waals surface area contributed by atoms with Gasteiger partial charge in [-0.25, -0.2) is 4.98 Å². The fraction of sp³-hybridized carbons (Fsp3) is 0.182. The lowest BCUT2D eigenvalue weighted by Crippen LogP contribution is -2.22. The maximum atomic E-state index is 12.0. The first-order chi connectivity index (χ1) is 13.0. The molecule has 0 saturated carbocycles. The first-order valence-corrected chi connectivity index (χ1v) is 8.71. The molecular formula is C22H23N3O2. The quantitative estimate of drug-likeness (QED) is 0.682. The van der Waals surface area contributed by atoms with Crippen LogP contribution in [0.15, 0.2) is 72.0 Å². The molecule has 0 aliphatic carbocycles. The molecule has 1 atom stereocenters. The molecule has 3 aromatic rings. The molecule has 0 saturated heterocycles. The van der Waals surface area contributed by atoms with Gasteiger partial charge in [0.05, 0.1) is 12.8 Å². The molecule has 0 bridgehead atoms. The summed E-state index contributed by atoms with van der Waals surface area (Å²) in [5, 5.41) is 0. The largest absolute Gasteiger partial charge is 0.497 e. The van der Waals surface area contributed by atoms with Crippen molar-refractivity contribution in [3.8, 4) is 16.9 Å². The molecule has 2 N–H and O–H groups in total.